The van der Waals surface area contributed by atoms with Crippen LogP contribution in [0.4, 0.5) is 11.5 Å². The molecule has 0 saturated carbocycles. The Morgan fingerprint density at radius 1 is 1.20 bits per heavy atom. The number of para-hydroxylation sites is 1. The molecule has 0 unspecified atom stereocenters. The molecule has 2 amide bonds. The van der Waals surface area contributed by atoms with Crippen molar-refractivity contribution in [1.82, 2.24) is 9.88 Å². The van der Waals surface area contributed by atoms with Gasteiger partial charge >= 0.3 is 0 Å². The van der Waals surface area contributed by atoms with Gasteiger partial charge in [0, 0.05) is 32.0 Å². The smallest absolute Gasteiger partial charge is 0.254 e. The second kappa shape index (κ2) is 6.93. The molecule has 6 nitrogen and oxygen atoms in total. The summed E-state index contributed by atoms with van der Waals surface area (Å²) < 4.78 is 0. The largest absolute Gasteiger partial charge is 0.358 e. The van der Waals surface area contributed by atoms with E-state index in [2.05, 4.69) is 10.3 Å². The minimum absolute atomic E-state index is 0.0361. The van der Waals surface area contributed by atoms with Gasteiger partial charge in [-0.3, -0.25) is 9.59 Å². The number of hydrogen-bond donors (Lipinski definition) is 1. The van der Waals surface area contributed by atoms with E-state index in [-0.39, 0.29) is 23.9 Å². The minimum atomic E-state index is -0.321. The summed E-state index contributed by atoms with van der Waals surface area (Å²) in [7, 11) is 3.40. The van der Waals surface area contributed by atoms with E-state index in [4.69, 9.17) is 0 Å². The van der Waals surface area contributed by atoms with E-state index in [1.165, 1.54) is 11.1 Å². The number of aromatic nitrogens is 1. The fraction of sp³-hybridized carbons (Fsp3) is 0.316. The van der Waals surface area contributed by atoms with Crippen molar-refractivity contribution in [3.8, 4) is 0 Å². The highest BCUT2D eigenvalue weighted by Gasteiger charge is 2.38. The third-order valence-corrected chi connectivity index (χ3v) is 4.33. The molecule has 2 atom stereocenters. The van der Waals surface area contributed by atoms with E-state index in [9.17, 15) is 9.59 Å². The van der Waals surface area contributed by atoms with Crippen molar-refractivity contribution in [3.63, 3.8) is 0 Å². The van der Waals surface area contributed by atoms with E-state index in [0.717, 1.165) is 5.69 Å². The van der Waals surface area contributed by atoms with Crippen molar-refractivity contribution in [3.05, 3.63) is 54.2 Å². The first kappa shape index (κ1) is 17.0. The second-order valence-electron chi connectivity index (χ2n) is 6.46. The molecular weight excluding hydrogens is 316 g/mol. The normalized spacial score (nSPS) is 19.8. The predicted molar refractivity (Wildman–Crippen MR) is 97.7 cm³/mol. The van der Waals surface area contributed by atoms with Gasteiger partial charge in [-0.1, -0.05) is 18.2 Å². The van der Waals surface area contributed by atoms with Crippen LogP contribution in [0.15, 0.2) is 48.7 Å². The molecule has 3 rings (SSSR count). The highest BCUT2D eigenvalue weighted by molar-refractivity contribution is 6.01. The van der Waals surface area contributed by atoms with Crippen LogP contribution >= 0.6 is 0 Å². The minimum Gasteiger partial charge on any atom is -0.358 e. The lowest BCUT2D eigenvalue weighted by Crippen LogP contribution is -2.35. The number of pyridine rings is 1. The predicted octanol–water partition coefficient (Wildman–Crippen LogP) is 2.39. The van der Waals surface area contributed by atoms with E-state index in [1.54, 1.807) is 26.2 Å². The van der Waals surface area contributed by atoms with Gasteiger partial charge in [0.1, 0.15) is 11.9 Å². The number of carbonyl (C=O) groups excluding carboxylic acids is 2. The maximum Gasteiger partial charge on any atom is 0.254 e. The molecule has 0 radical (unpaired) electrons. The van der Waals surface area contributed by atoms with Gasteiger partial charge in [-0.2, -0.15) is 0 Å². The molecule has 2 aromatic rings. The van der Waals surface area contributed by atoms with Crippen molar-refractivity contribution >= 4 is 23.3 Å². The van der Waals surface area contributed by atoms with Gasteiger partial charge in [0.2, 0.25) is 5.91 Å². The highest BCUT2D eigenvalue weighted by Crippen LogP contribution is 2.28. The quantitative estimate of drug-likeness (QED) is 0.930. The number of rotatable bonds is 4. The van der Waals surface area contributed by atoms with Crippen LogP contribution in [0.3, 0.4) is 0 Å². The monoisotopic (exact) mass is 338 g/mol. The van der Waals surface area contributed by atoms with Crippen LogP contribution in [0.5, 0.6) is 0 Å². The summed E-state index contributed by atoms with van der Waals surface area (Å²) in [5.74, 6) is 0.532. The molecule has 1 fully saturated rings. The molecule has 1 aromatic heterocycles. The Kier molecular flexibility index (Phi) is 4.70. The van der Waals surface area contributed by atoms with Crippen molar-refractivity contribution in [2.75, 3.05) is 24.3 Å². The molecule has 25 heavy (non-hydrogen) atoms. The lowest BCUT2D eigenvalue weighted by atomic mass is 10.2. The number of hydrogen-bond acceptors (Lipinski definition) is 4. The number of anilines is 2. The number of benzene rings is 1. The number of nitrogens with zero attached hydrogens (tertiary/aromatic N) is 3. The summed E-state index contributed by atoms with van der Waals surface area (Å²) >= 11 is 0. The molecule has 0 bridgehead atoms. The molecule has 1 aromatic carbocycles. The van der Waals surface area contributed by atoms with Crippen LogP contribution in [0, 0.1) is 0 Å². The SMILES string of the molecule is C[C@H]1C[C@@H](Nc2ccc(C(=O)N(C)C)cn2)C(=O)N1c1ccccc1. The summed E-state index contributed by atoms with van der Waals surface area (Å²) in [6, 6.07) is 12.9. The van der Waals surface area contributed by atoms with Crippen molar-refractivity contribution in [2.45, 2.75) is 25.4 Å². The van der Waals surface area contributed by atoms with Crippen LogP contribution in [-0.2, 0) is 4.79 Å². The Balaban J connectivity index is 1.71. The zero-order valence-electron chi connectivity index (χ0n) is 14.6. The lowest BCUT2D eigenvalue weighted by Gasteiger charge is -2.21. The fourth-order valence-electron chi connectivity index (χ4n) is 3.07. The molecule has 1 aliphatic heterocycles. The molecule has 6 heteroatoms. The molecule has 1 saturated heterocycles. The van der Waals surface area contributed by atoms with Crippen LogP contribution < -0.4 is 10.2 Å². The summed E-state index contributed by atoms with van der Waals surface area (Å²) in [6.45, 7) is 2.04. The van der Waals surface area contributed by atoms with E-state index < -0.39 is 0 Å². The average molecular weight is 338 g/mol. The first-order valence-electron chi connectivity index (χ1n) is 8.29. The molecule has 2 heterocycles. The van der Waals surface area contributed by atoms with Crippen LogP contribution in [-0.4, -0.2) is 47.9 Å². The fourth-order valence-corrected chi connectivity index (χ4v) is 3.07. The van der Waals surface area contributed by atoms with Gasteiger partial charge in [0.25, 0.3) is 5.91 Å². The third kappa shape index (κ3) is 3.47. The van der Waals surface area contributed by atoms with Gasteiger partial charge < -0.3 is 15.1 Å². The average Bonchev–Trinajstić information content (AvgIpc) is 2.89. The second-order valence-corrected chi connectivity index (χ2v) is 6.46. The van der Waals surface area contributed by atoms with E-state index in [1.807, 2.05) is 42.2 Å². The zero-order chi connectivity index (χ0) is 18.0. The van der Waals surface area contributed by atoms with Gasteiger partial charge in [-0.25, -0.2) is 4.98 Å². The molecule has 1 N–H and O–H groups in total. The van der Waals surface area contributed by atoms with Crippen LogP contribution in [0.25, 0.3) is 0 Å². The summed E-state index contributed by atoms with van der Waals surface area (Å²) in [5.41, 5.74) is 1.43. The third-order valence-electron chi connectivity index (χ3n) is 4.33. The highest BCUT2D eigenvalue weighted by atomic mass is 16.2. The topological polar surface area (TPSA) is 65.5 Å². The van der Waals surface area contributed by atoms with Crippen molar-refractivity contribution < 1.29 is 9.59 Å². The molecular formula is C19H22N4O2. The van der Waals surface area contributed by atoms with E-state index in [0.29, 0.717) is 17.8 Å². The molecule has 1 aliphatic rings. The summed E-state index contributed by atoms with van der Waals surface area (Å²) in [4.78, 5) is 32.3. The van der Waals surface area contributed by atoms with Gasteiger partial charge in [-0.05, 0) is 37.6 Å². The number of amides is 2. The van der Waals surface area contributed by atoms with Crippen LogP contribution in [0.2, 0.25) is 0 Å². The Morgan fingerprint density at radius 3 is 2.52 bits per heavy atom. The Morgan fingerprint density at radius 2 is 1.92 bits per heavy atom. The van der Waals surface area contributed by atoms with Crippen molar-refractivity contribution in [2.24, 2.45) is 0 Å². The summed E-state index contributed by atoms with van der Waals surface area (Å²) in [5, 5.41) is 3.19. The van der Waals surface area contributed by atoms with Gasteiger partial charge in [0.05, 0.1) is 5.56 Å². The Labute approximate surface area is 147 Å². The number of carbonyl (C=O) groups is 2. The first-order chi connectivity index (χ1) is 12.0. The van der Waals surface area contributed by atoms with Crippen molar-refractivity contribution in [1.29, 1.82) is 0 Å². The standard InChI is InChI=1S/C19H22N4O2/c1-13-11-16(19(25)23(13)15-7-5-4-6-8-15)21-17-10-9-14(12-20-17)18(24)22(2)3/h4-10,12-13,16H,11H2,1-3H3,(H,20,21)/t13-,16+/m0/s1. The number of nitrogens with one attached hydrogen (secondary N) is 1. The first-order valence-corrected chi connectivity index (χ1v) is 8.29. The van der Waals surface area contributed by atoms with E-state index >= 15 is 0 Å². The van der Waals surface area contributed by atoms with Crippen LogP contribution in [0.1, 0.15) is 23.7 Å². The Hall–Kier alpha value is -2.89. The summed E-state index contributed by atoms with van der Waals surface area (Å²) in [6.07, 6.45) is 2.23. The van der Waals surface area contributed by atoms with Gasteiger partial charge in [-0.15, -0.1) is 0 Å². The van der Waals surface area contributed by atoms with Gasteiger partial charge in [0.15, 0.2) is 0 Å². The zero-order valence-corrected chi connectivity index (χ0v) is 14.6. The maximum absolute atomic E-state index is 12.8. The Bertz CT molecular complexity index is 759. The molecule has 0 aliphatic carbocycles. The lowest BCUT2D eigenvalue weighted by molar-refractivity contribution is -0.117. The maximum atomic E-state index is 12.8. The molecule has 130 valence electrons. The molecule has 0 spiro atoms.